The molecule has 2 aromatic rings. The highest BCUT2D eigenvalue weighted by Gasteiger charge is 2.07. The predicted molar refractivity (Wildman–Crippen MR) is 101 cm³/mol. The summed E-state index contributed by atoms with van der Waals surface area (Å²) in [5, 5.41) is 2.93. The molecule has 2 aromatic carbocycles. The molecule has 0 aliphatic carbocycles. The van der Waals surface area contributed by atoms with E-state index >= 15 is 0 Å². The van der Waals surface area contributed by atoms with Crippen molar-refractivity contribution in [2.45, 2.75) is 40.5 Å². The maximum absolute atomic E-state index is 12.3. The fourth-order valence-electron chi connectivity index (χ4n) is 2.12. The van der Waals surface area contributed by atoms with Gasteiger partial charge in [-0.3, -0.25) is 4.79 Å². The summed E-state index contributed by atoms with van der Waals surface area (Å²) in [7, 11) is 0. The molecule has 24 heavy (non-hydrogen) atoms. The van der Waals surface area contributed by atoms with Crippen LogP contribution in [0.15, 0.2) is 48.5 Å². The second kappa shape index (κ2) is 7.36. The standard InChI is InChI=1S/C22H25NO/c1-16(2)18-10-12-20(13-11-18)23-21(24)19-8-6-17(7-9-19)14-15-22(3,4)5/h6-13,16H,1-5H3,(H,23,24). The van der Waals surface area contributed by atoms with Crippen molar-refractivity contribution >= 4 is 11.6 Å². The van der Waals surface area contributed by atoms with Gasteiger partial charge < -0.3 is 5.32 Å². The van der Waals surface area contributed by atoms with Crippen molar-refractivity contribution in [3.63, 3.8) is 0 Å². The molecule has 0 aliphatic heterocycles. The minimum absolute atomic E-state index is 0.0296. The molecule has 0 aliphatic rings. The quantitative estimate of drug-likeness (QED) is 0.748. The summed E-state index contributed by atoms with van der Waals surface area (Å²) in [5.41, 5.74) is 3.58. The maximum atomic E-state index is 12.3. The lowest BCUT2D eigenvalue weighted by Gasteiger charge is -2.09. The van der Waals surface area contributed by atoms with E-state index in [1.807, 2.05) is 48.5 Å². The van der Waals surface area contributed by atoms with Crippen LogP contribution in [0.5, 0.6) is 0 Å². The van der Waals surface area contributed by atoms with Crippen LogP contribution in [0.1, 0.15) is 62.0 Å². The van der Waals surface area contributed by atoms with Gasteiger partial charge in [-0.1, -0.05) is 37.8 Å². The summed E-state index contributed by atoms with van der Waals surface area (Å²) in [6.45, 7) is 10.5. The Balaban J connectivity index is 2.05. The summed E-state index contributed by atoms with van der Waals surface area (Å²) in [4.78, 5) is 12.3. The number of nitrogens with one attached hydrogen (secondary N) is 1. The van der Waals surface area contributed by atoms with Crippen molar-refractivity contribution in [1.82, 2.24) is 0 Å². The third-order valence-electron chi connectivity index (χ3n) is 3.56. The molecule has 0 heterocycles. The van der Waals surface area contributed by atoms with Crippen molar-refractivity contribution in [1.29, 1.82) is 0 Å². The van der Waals surface area contributed by atoms with E-state index in [1.54, 1.807) is 0 Å². The normalized spacial score (nSPS) is 10.9. The van der Waals surface area contributed by atoms with Gasteiger partial charge in [0.1, 0.15) is 0 Å². The largest absolute Gasteiger partial charge is 0.322 e. The van der Waals surface area contributed by atoms with E-state index in [0.717, 1.165) is 11.3 Å². The lowest BCUT2D eigenvalue weighted by Crippen LogP contribution is -2.11. The van der Waals surface area contributed by atoms with Gasteiger partial charge in [0.2, 0.25) is 0 Å². The average molecular weight is 319 g/mol. The van der Waals surface area contributed by atoms with Gasteiger partial charge in [0, 0.05) is 22.2 Å². The minimum atomic E-state index is -0.109. The zero-order valence-electron chi connectivity index (χ0n) is 15.1. The number of hydrogen-bond donors (Lipinski definition) is 1. The molecule has 2 nitrogen and oxygen atoms in total. The molecule has 0 spiro atoms. The Bertz CT molecular complexity index is 751. The number of amides is 1. The molecule has 1 N–H and O–H groups in total. The van der Waals surface area contributed by atoms with Crippen LogP contribution in [0.4, 0.5) is 5.69 Å². The highest BCUT2D eigenvalue weighted by Crippen LogP contribution is 2.18. The minimum Gasteiger partial charge on any atom is -0.322 e. The van der Waals surface area contributed by atoms with Gasteiger partial charge in [0.25, 0.3) is 5.91 Å². The highest BCUT2D eigenvalue weighted by atomic mass is 16.1. The van der Waals surface area contributed by atoms with Gasteiger partial charge in [-0.25, -0.2) is 0 Å². The van der Waals surface area contributed by atoms with Crippen LogP contribution in [0.3, 0.4) is 0 Å². The molecule has 0 bridgehead atoms. The zero-order chi connectivity index (χ0) is 17.7. The van der Waals surface area contributed by atoms with Crippen molar-refractivity contribution in [2.24, 2.45) is 5.41 Å². The van der Waals surface area contributed by atoms with Crippen LogP contribution in [-0.2, 0) is 0 Å². The Morgan fingerprint density at radius 1 is 0.958 bits per heavy atom. The lowest BCUT2D eigenvalue weighted by molar-refractivity contribution is 0.102. The first-order valence-corrected chi connectivity index (χ1v) is 8.29. The van der Waals surface area contributed by atoms with Crippen molar-refractivity contribution in [2.75, 3.05) is 5.32 Å². The third-order valence-corrected chi connectivity index (χ3v) is 3.56. The Kier molecular flexibility index (Phi) is 5.46. The third kappa shape index (κ3) is 5.28. The van der Waals surface area contributed by atoms with Gasteiger partial charge >= 0.3 is 0 Å². The topological polar surface area (TPSA) is 29.1 Å². The first-order chi connectivity index (χ1) is 11.2. The summed E-state index contributed by atoms with van der Waals surface area (Å²) in [5.74, 6) is 6.70. The van der Waals surface area contributed by atoms with Gasteiger partial charge in [-0.05, 0) is 68.7 Å². The number of carbonyl (C=O) groups excluding carboxylic acids is 1. The van der Waals surface area contributed by atoms with Crippen LogP contribution >= 0.6 is 0 Å². The van der Waals surface area contributed by atoms with E-state index in [1.165, 1.54) is 5.56 Å². The molecule has 0 atom stereocenters. The Labute approximate surface area is 145 Å². The fraction of sp³-hybridized carbons (Fsp3) is 0.318. The number of hydrogen-bond acceptors (Lipinski definition) is 1. The smallest absolute Gasteiger partial charge is 0.255 e. The van der Waals surface area contributed by atoms with Gasteiger partial charge in [0.05, 0.1) is 0 Å². The Morgan fingerprint density at radius 2 is 1.54 bits per heavy atom. The van der Waals surface area contributed by atoms with Crippen LogP contribution in [0.25, 0.3) is 0 Å². The predicted octanol–water partition coefficient (Wildman–Crippen LogP) is 5.46. The van der Waals surface area contributed by atoms with Crippen LogP contribution in [-0.4, -0.2) is 5.91 Å². The van der Waals surface area contributed by atoms with Crippen molar-refractivity contribution in [3.8, 4) is 11.8 Å². The molecule has 0 saturated carbocycles. The molecule has 2 rings (SSSR count). The fourth-order valence-corrected chi connectivity index (χ4v) is 2.12. The first-order valence-electron chi connectivity index (χ1n) is 8.29. The van der Waals surface area contributed by atoms with Crippen LogP contribution in [0, 0.1) is 17.3 Å². The molecule has 1 amide bonds. The van der Waals surface area contributed by atoms with Crippen molar-refractivity contribution in [3.05, 3.63) is 65.2 Å². The summed E-state index contributed by atoms with van der Waals surface area (Å²) >= 11 is 0. The van der Waals surface area contributed by atoms with E-state index < -0.39 is 0 Å². The molecule has 0 aromatic heterocycles. The summed E-state index contributed by atoms with van der Waals surface area (Å²) in [6.07, 6.45) is 0. The number of benzene rings is 2. The summed E-state index contributed by atoms with van der Waals surface area (Å²) in [6, 6.07) is 15.4. The highest BCUT2D eigenvalue weighted by molar-refractivity contribution is 6.04. The van der Waals surface area contributed by atoms with Gasteiger partial charge in [-0.2, -0.15) is 0 Å². The zero-order valence-corrected chi connectivity index (χ0v) is 15.1. The summed E-state index contributed by atoms with van der Waals surface area (Å²) < 4.78 is 0. The van der Waals surface area contributed by atoms with Crippen LogP contribution in [0.2, 0.25) is 0 Å². The van der Waals surface area contributed by atoms with E-state index in [2.05, 4.69) is 51.8 Å². The monoisotopic (exact) mass is 319 g/mol. The molecule has 0 saturated heterocycles. The lowest BCUT2D eigenvalue weighted by atomic mass is 9.97. The van der Waals surface area contributed by atoms with E-state index in [9.17, 15) is 4.79 Å². The van der Waals surface area contributed by atoms with Crippen molar-refractivity contribution < 1.29 is 4.79 Å². The van der Waals surface area contributed by atoms with E-state index in [0.29, 0.717) is 11.5 Å². The second-order valence-corrected chi connectivity index (χ2v) is 7.31. The first kappa shape index (κ1) is 17.8. The molecule has 0 radical (unpaired) electrons. The van der Waals surface area contributed by atoms with Crippen LogP contribution < -0.4 is 5.32 Å². The molecule has 0 unspecified atom stereocenters. The van der Waals surface area contributed by atoms with E-state index in [-0.39, 0.29) is 11.3 Å². The molecular formula is C22H25NO. The Hall–Kier alpha value is -2.53. The molecule has 2 heteroatoms. The molecule has 0 fully saturated rings. The van der Waals surface area contributed by atoms with Gasteiger partial charge in [-0.15, -0.1) is 0 Å². The number of anilines is 1. The second-order valence-electron chi connectivity index (χ2n) is 7.31. The average Bonchev–Trinajstić information content (AvgIpc) is 2.53. The molecular weight excluding hydrogens is 294 g/mol. The maximum Gasteiger partial charge on any atom is 0.255 e. The number of rotatable bonds is 3. The Morgan fingerprint density at radius 3 is 2.04 bits per heavy atom. The van der Waals surface area contributed by atoms with E-state index in [4.69, 9.17) is 0 Å². The number of carbonyl (C=O) groups is 1. The SMILES string of the molecule is CC(C)c1ccc(NC(=O)c2ccc(C#CC(C)(C)C)cc2)cc1. The molecule has 124 valence electrons. The van der Waals surface area contributed by atoms with Gasteiger partial charge in [0.15, 0.2) is 0 Å².